The Morgan fingerprint density at radius 2 is 1.81 bits per heavy atom. The average Bonchev–Trinajstić information content (AvgIpc) is 2.94. The van der Waals surface area contributed by atoms with Gasteiger partial charge < -0.3 is 4.74 Å². The van der Waals surface area contributed by atoms with Gasteiger partial charge in [0.2, 0.25) is 0 Å². The van der Waals surface area contributed by atoms with Gasteiger partial charge in [-0.3, -0.25) is 10.1 Å². The van der Waals surface area contributed by atoms with Crippen molar-refractivity contribution in [3.63, 3.8) is 0 Å². The zero-order valence-electron chi connectivity index (χ0n) is 15.8. The number of carbonyl (C=O) groups excluding carboxylic acids is 1. The van der Waals surface area contributed by atoms with Crippen molar-refractivity contribution in [2.24, 2.45) is 0 Å². The van der Waals surface area contributed by atoms with Gasteiger partial charge in [-0.25, -0.2) is 4.98 Å². The molecule has 0 fully saturated rings. The minimum absolute atomic E-state index is 0.0406. The fraction of sp³-hybridized carbons (Fsp3) is 0.333. The fourth-order valence-electron chi connectivity index (χ4n) is 2.74. The number of aryl methyl sites for hydroxylation is 2. The zero-order chi connectivity index (χ0) is 18.9. The van der Waals surface area contributed by atoms with E-state index in [1.165, 1.54) is 22.5 Å². The van der Waals surface area contributed by atoms with Crippen LogP contribution in [0.25, 0.3) is 10.2 Å². The molecule has 5 heteroatoms. The summed E-state index contributed by atoms with van der Waals surface area (Å²) in [4.78, 5) is 16.7. The second kappa shape index (κ2) is 7.08. The summed E-state index contributed by atoms with van der Waals surface area (Å²) in [5, 5.41) is 3.43. The number of ether oxygens (including phenoxy) is 1. The smallest absolute Gasteiger partial charge is 0.264 e. The highest BCUT2D eigenvalue weighted by molar-refractivity contribution is 7.22. The number of aromatic nitrogens is 1. The Labute approximate surface area is 158 Å². The molecule has 0 saturated carbocycles. The monoisotopic (exact) mass is 368 g/mol. The third kappa shape index (κ3) is 4.22. The van der Waals surface area contributed by atoms with Gasteiger partial charge in [-0.1, -0.05) is 55.9 Å². The van der Waals surface area contributed by atoms with Crippen LogP contribution in [0, 0.1) is 13.8 Å². The number of rotatable bonds is 4. The average molecular weight is 369 g/mol. The second-order valence-electron chi connectivity index (χ2n) is 7.58. The largest absolute Gasteiger partial charge is 0.483 e. The van der Waals surface area contributed by atoms with Crippen molar-refractivity contribution in [1.82, 2.24) is 4.98 Å². The first-order valence-electron chi connectivity index (χ1n) is 8.63. The Morgan fingerprint density at radius 3 is 2.54 bits per heavy atom. The summed E-state index contributed by atoms with van der Waals surface area (Å²) in [5.74, 6) is 0.541. The number of nitrogens with one attached hydrogen (secondary N) is 1. The third-order valence-electron chi connectivity index (χ3n) is 4.09. The molecule has 1 amide bonds. The predicted octanol–water partition coefficient (Wildman–Crippen LogP) is 5.23. The van der Waals surface area contributed by atoms with E-state index in [2.05, 4.69) is 50.1 Å². The summed E-state index contributed by atoms with van der Waals surface area (Å²) in [6, 6.07) is 12.1. The number of fused-ring (bicyclic) bond motifs is 1. The molecule has 4 nitrogen and oxygen atoms in total. The Bertz CT molecular complexity index is 954. The first-order valence-corrected chi connectivity index (χ1v) is 9.45. The van der Waals surface area contributed by atoms with Crippen LogP contribution >= 0.6 is 11.3 Å². The molecule has 0 bridgehead atoms. The van der Waals surface area contributed by atoms with Crippen LogP contribution in [0.15, 0.2) is 36.4 Å². The molecule has 1 heterocycles. The first-order chi connectivity index (χ1) is 12.2. The number of hydrogen-bond donors (Lipinski definition) is 1. The molecule has 0 saturated heterocycles. The highest BCUT2D eigenvalue weighted by atomic mass is 32.1. The molecular formula is C21H24N2O2S. The Balaban J connectivity index is 1.69. The van der Waals surface area contributed by atoms with E-state index in [-0.39, 0.29) is 17.9 Å². The van der Waals surface area contributed by atoms with Crippen LogP contribution < -0.4 is 10.1 Å². The lowest BCUT2D eigenvalue weighted by molar-refractivity contribution is -0.118. The molecule has 0 unspecified atom stereocenters. The molecule has 0 aliphatic carbocycles. The molecule has 0 aliphatic heterocycles. The maximum absolute atomic E-state index is 12.3. The lowest BCUT2D eigenvalue weighted by Gasteiger charge is -2.23. The van der Waals surface area contributed by atoms with Gasteiger partial charge in [-0.2, -0.15) is 0 Å². The van der Waals surface area contributed by atoms with Crippen molar-refractivity contribution in [2.75, 3.05) is 11.9 Å². The first kappa shape index (κ1) is 18.4. The van der Waals surface area contributed by atoms with Gasteiger partial charge in [0, 0.05) is 0 Å². The summed E-state index contributed by atoms with van der Waals surface area (Å²) >= 11 is 1.47. The summed E-state index contributed by atoms with van der Waals surface area (Å²) in [5.41, 5.74) is 4.29. The topological polar surface area (TPSA) is 51.2 Å². The minimum atomic E-state index is -0.207. The molecule has 0 spiro atoms. The van der Waals surface area contributed by atoms with E-state index >= 15 is 0 Å². The number of anilines is 1. The molecule has 3 aromatic rings. The SMILES string of the molecule is Cc1ccc(OCC(=O)Nc2nc3ccc(C)cc3s2)c(C(C)(C)C)c1. The van der Waals surface area contributed by atoms with Crippen LogP contribution in [0.1, 0.15) is 37.5 Å². The van der Waals surface area contributed by atoms with Crippen LogP contribution in [0.3, 0.4) is 0 Å². The summed E-state index contributed by atoms with van der Waals surface area (Å²) in [6.45, 7) is 10.5. The minimum Gasteiger partial charge on any atom is -0.483 e. The quantitative estimate of drug-likeness (QED) is 0.686. The standard InChI is InChI=1S/C21H24N2O2S/c1-13-7-9-17(15(10-13)21(3,4)5)25-12-19(24)23-20-22-16-8-6-14(2)11-18(16)26-20/h6-11H,12H2,1-5H3,(H,22,23,24). The number of hydrogen-bond acceptors (Lipinski definition) is 4. The van der Waals surface area contributed by atoms with E-state index in [0.29, 0.717) is 5.13 Å². The van der Waals surface area contributed by atoms with E-state index in [4.69, 9.17) is 4.74 Å². The van der Waals surface area contributed by atoms with Gasteiger partial charge in [0.05, 0.1) is 10.2 Å². The maximum atomic E-state index is 12.3. The van der Waals surface area contributed by atoms with Crippen molar-refractivity contribution in [3.05, 3.63) is 53.1 Å². The van der Waals surface area contributed by atoms with Gasteiger partial charge in [-0.05, 0) is 48.6 Å². The van der Waals surface area contributed by atoms with Crippen LogP contribution in [0.5, 0.6) is 5.75 Å². The molecule has 1 N–H and O–H groups in total. The van der Waals surface area contributed by atoms with Crippen LogP contribution in [-0.4, -0.2) is 17.5 Å². The van der Waals surface area contributed by atoms with E-state index in [1.54, 1.807) is 0 Å². The number of carbonyl (C=O) groups is 1. The zero-order valence-corrected chi connectivity index (χ0v) is 16.7. The third-order valence-corrected chi connectivity index (χ3v) is 5.03. The van der Waals surface area contributed by atoms with Crippen molar-refractivity contribution < 1.29 is 9.53 Å². The lowest BCUT2D eigenvalue weighted by atomic mass is 9.85. The highest BCUT2D eigenvalue weighted by Crippen LogP contribution is 2.32. The van der Waals surface area contributed by atoms with E-state index in [9.17, 15) is 4.79 Å². The Hall–Kier alpha value is -2.40. The summed E-state index contributed by atoms with van der Waals surface area (Å²) in [6.07, 6.45) is 0. The summed E-state index contributed by atoms with van der Waals surface area (Å²) < 4.78 is 6.88. The molecule has 3 rings (SSSR count). The molecule has 136 valence electrons. The summed E-state index contributed by atoms with van der Waals surface area (Å²) in [7, 11) is 0. The van der Waals surface area contributed by atoms with E-state index in [1.807, 2.05) is 31.2 Å². The second-order valence-corrected chi connectivity index (χ2v) is 8.61. The number of nitrogens with zero attached hydrogens (tertiary/aromatic N) is 1. The van der Waals surface area contributed by atoms with Crippen LogP contribution in [0.4, 0.5) is 5.13 Å². The van der Waals surface area contributed by atoms with Gasteiger partial charge in [0.15, 0.2) is 11.7 Å². The molecule has 1 aromatic heterocycles. The lowest BCUT2D eigenvalue weighted by Crippen LogP contribution is -2.22. The van der Waals surface area contributed by atoms with Gasteiger partial charge in [0.1, 0.15) is 5.75 Å². The number of thiazole rings is 1. The maximum Gasteiger partial charge on any atom is 0.264 e. The van der Waals surface area contributed by atoms with Gasteiger partial charge in [0.25, 0.3) is 5.91 Å². The van der Waals surface area contributed by atoms with E-state index in [0.717, 1.165) is 21.5 Å². The fourth-order valence-corrected chi connectivity index (χ4v) is 3.72. The van der Waals surface area contributed by atoms with Crippen molar-refractivity contribution >= 4 is 32.6 Å². The van der Waals surface area contributed by atoms with Crippen LogP contribution in [0.2, 0.25) is 0 Å². The van der Waals surface area contributed by atoms with Crippen molar-refractivity contribution in [1.29, 1.82) is 0 Å². The van der Waals surface area contributed by atoms with Gasteiger partial charge in [-0.15, -0.1) is 0 Å². The molecule has 0 aliphatic rings. The van der Waals surface area contributed by atoms with Gasteiger partial charge >= 0.3 is 0 Å². The number of benzene rings is 2. The normalized spacial score (nSPS) is 11.6. The number of amides is 1. The van der Waals surface area contributed by atoms with E-state index < -0.39 is 0 Å². The molecule has 0 atom stereocenters. The van der Waals surface area contributed by atoms with Crippen LogP contribution in [-0.2, 0) is 10.2 Å². The van der Waals surface area contributed by atoms with Crippen molar-refractivity contribution in [3.8, 4) is 5.75 Å². The molecular weight excluding hydrogens is 344 g/mol. The molecule has 2 aromatic carbocycles. The Kier molecular flexibility index (Phi) is 5.01. The molecule has 0 radical (unpaired) electrons. The highest BCUT2D eigenvalue weighted by Gasteiger charge is 2.20. The predicted molar refractivity (Wildman–Crippen MR) is 108 cm³/mol. The van der Waals surface area contributed by atoms with Crippen molar-refractivity contribution in [2.45, 2.75) is 40.0 Å². The molecule has 26 heavy (non-hydrogen) atoms. The Morgan fingerprint density at radius 1 is 1.12 bits per heavy atom.